The summed E-state index contributed by atoms with van der Waals surface area (Å²) >= 11 is 1.40. The van der Waals surface area contributed by atoms with Gasteiger partial charge in [-0.1, -0.05) is 25.1 Å². The number of nitrogens with zero attached hydrogens (tertiary/aromatic N) is 1. The molecule has 2 atom stereocenters. The minimum Gasteiger partial charge on any atom is -0.477 e. The van der Waals surface area contributed by atoms with Gasteiger partial charge < -0.3 is 5.11 Å². The minimum atomic E-state index is -0.802. The molecule has 2 aromatic rings. The third-order valence-corrected chi connectivity index (χ3v) is 5.70. The molecule has 21 heavy (non-hydrogen) atoms. The molecule has 1 aliphatic rings. The van der Waals surface area contributed by atoms with E-state index in [9.17, 15) is 9.90 Å². The van der Waals surface area contributed by atoms with Gasteiger partial charge in [-0.05, 0) is 42.7 Å². The quantitative estimate of drug-likeness (QED) is 0.923. The summed E-state index contributed by atoms with van der Waals surface area (Å²) in [5.74, 6) is -0.108. The first-order valence-corrected chi connectivity index (χ1v) is 8.35. The first-order chi connectivity index (χ1) is 10.1. The molecule has 0 bridgehead atoms. The fraction of sp³-hybridized carbons (Fsp3) is 0.471. The fourth-order valence-electron chi connectivity index (χ4n) is 3.23. The fourth-order valence-corrected chi connectivity index (χ4v) is 4.28. The van der Waals surface area contributed by atoms with E-state index < -0.39 is 5.97 Å². The van der Waals surface area contributed by atoms with Crippen molar-refractivity contribution in [2.75, 3.05) is 6.54 Å². The standard InChI is InChI=1S/C17H21NO2S/c1-11-7-8-12(2)18(9-11)10-14-13-5-3-4-6-15(13)21-16(14)17(19)20/h3-6,11-12H,7-10H2,1-2H3,(H,19,20). The second-order valence-electron chi connectivity index (χ2n) is 6.17. The maximum absolute atomic E-state index is 11.6. The SMILES string of the molecule is CC1CCC(C)N(Cc2c(C(=O)O)sc3ccccc23)C1. The molecule has 0 aliphatic carbocycles. The van der Waals surface area contributed by atoms with Gasteiger partial charge in [-0.15, -0.1) is 11.3 Å². The van der Waals surface area contributed by atoms with Crippen LogP contribution in [0.1, 0.15) is 41.9 Å². The topological polar surface area (TPSA) is 40.5 Å². The van der Waals surface area contributed by atoms with E-state index in [2.05, 4.69) is 18.7 Å². The summed E-state index contributed by atoms with van der Waals surface area (Å²) in [5, 5.41) is 10.6. The van der Waals surface area contributed by atoms with Crippen LogP contribution in [0, 0.1) is 5.92 Å². The Hall–Kier alpha value is -1.39. The highest BCUT2D eigenvalue weighted by molar-refractivity contribution is 7.21. The van der Waals surface area contributed by atoms with Gasteiger partial charge in [-0.2, -0.15) is 0 Å². The number of likely N-dealkylation sites (tertiary alicyclic amines) is 1. The summed E-state index contributed by atoms with van der Waals surface area (Å²) < 4.78 is 1.07. The van der Waals surface area contributed by atoms with Gasteiger partial charge in [-0.3, -0.25) is 4.90 Å². The van der Waals surface area contributed by atoms with E-state index in [-0.39, 0.29) is 0 Å². The Bertz CT molecular complexity index is 664. The monoisotopic (exact) mass is 303 g/mol. The maximum Gasteiger partial charge on any atom is 0.346 e. The lowest BCUT2D eigenvalue weighted by molar-refractivity contribution is 0.0697. The van der Waals surface area contributed by atoms with Gasteiger partial charge in [0.2, 0.25) is 0 Å². The zero-order chi connectivity index (χ0) is 15.0. The molecule has 2 heterocycles. The Balaban J connectivity index is 1.98. The summed E-state index contributed by atoms with van der Waals surface area (Å²) in [6, 6.07) is 8.55. The van der Waals surface area contributed by atoms with Crippen LogP contribution < -0.4 is 0 Å². The molecule has 1 aromatic carbocycles. The number of rotatable bonds is 3. The summed E-state index contributed by atoms with van der Waals surface area (Å²) in [6.07, 6.45) is 2.47. The number of hydrogen-bond donors (Lipinski definition) is 1. The second kappa shape index (κ2) is 5.78. The summed E-state index contributed by atoms with van der Waals surface area (Å²) in [5.41, 5.74) is 0.990. The van der Waals surface area contributed by atoms with E-state index in [1.807, 2.05) is 24.3 Å². The molecular formula is C17H21NO2S. The molecule has 1 aromatic heterocycles. The van der Waals surface area contributed by atoms with Gasteiger partial charge >= 0.3 is 5.97 Å². The summed E-state index contributed by atoms with van der Waals surface area (Å²) in [6.45, 7) is 6.34. The molecular weight excluding hydrogens is 282 g/mol. The van der Waals surface area contributed by atoms with Crippen LogP contribution in [0.5, 0.6) is 0 Å². The number of fused-ring (bicyclic) bond motifs is 1. The predicted molar refractivity (Wildman–Crippen MR) is 87.1 cm³/mol. The van der Waals surface area contributed by atoms with Crippen LogP contribution in [-0.2, 0) is 6.54 Å². The molecule has 3 rings (SSSR count). The highest BCUT2D eigenvalue weighted by Crippen LogP contribution is 2.34. The number of piperidine rings is 1. The normalized spacial score (nSPS) is 23.5. The van der Waals surface area contributed by atoms with Crippen LogP contribution in [0.4, 0.5) is 0 Å². The van der Waals surface area contributed by atoms with Crippen LogP contribution in [0.15, 0.2) is 24.3 Å². The lowest BCUT2D eigenvalue weighted by atomic mass is 9.94. The molecule has 1 N–H and O–H groups in total. The number of carboxylic acid groups (broad SMARTS) is 1. The van der Waals surface area contributed by atoms with E-state index in [0.29, 0.717) is 16.8 Å². The summed E-state index contributed by atoms with van der Waals surface area (Å²) in [7, 11) is 0. The molecule has 1 saturated heterocycles. The summed E-state index contributed by atoms with van der Waals surface area (Å²) in [4.78, 5) is 14.5. The average molecular weight is 303 g/mol. The third kappa shape index (κ3) is 2.83. The Morgan fingerprint density at radius 2 is 2.10 bits per heavy atom. The second-order valence-corrected chi connectivity index (χ2v) is 7.22. The number of thiophene rings is 1. The zero-order valence-corrected chi connectivity index (χ0v) is 13.3. The minimum absolute atomic E-state index is 0.502. The van der Waals surface area contributed by atoms with Crippen LogP contribution in [0.25, 0.3) is 10.1 Å². The molecule has 0 saturated carbocycles. The van der Waals surface area contributed by atoms with Gasteiger partial charge in [0.25, 0.3) is 0 Å². The number of carbonyl (C=O) groups is 1. The van der Waals surface area contributed by atoms with Crippen molar-refractivity contribution in [2.24, 2.45) is 5.92 Å². The van der Waals surface area contributed by atoms with E-state index >= 15 is 0 Å². The Morgan fingerprint density at radius 1 is 1.33 bits per heavy atom. The molecule has 4 heteroatoms. The van der Waals surface area contributed by atoms with Crippen LogP contribution in [0.2, 0.25) is 0 Å². The molecule has 2 unspecified atom stereocenters. The van der Waals surface area contributed by atoms with E-state index in [4.69, 9.17) is 0 Å². The van der Waals surface area contributed by atoms with Crippen LogP contribution in [0.3, 0.4) is 0 Å². The van der Waals surface area contributed by atoms with E-state index in [0.717, 1.165) is 28.7 Å². The molecule has 0 radical (unpaired) electrons. The molecule has 1 aliphatic heterocycles. The molecule has 0 amide bonds. The average Bonchev–Trinajstić information content (AvgIpc) is 2.82. The third-order valence-electron chi connectivity index (χ3n) is 4.50. The number of hydrogen-bond acceptors (Lipinski definition) is 3. The first kappa shape index (κ1) is 14.5. The smallest absolute Gasteiger partial charge is 0.346 e. The van der Waals surface area contributed by atoms with Crippen molar-refractivity contribution in [1.29, 1.82) is 0 Å². The van der Waals surface area contributed by atoms with Crippen LogP contribution in [-0.4, -0.2) is 28.6 Å². The van der Waals surface area contributed by atoms with Crippen molar-refractivity contribution in [3.05, 3.63) is 34.7 Å². The van der Waals surface area contributed by atoms with Gasteiger partial charge in [0.05, 0.1) is 0 Å². The van der Waals surface area contributed by atoms with Crippen molar-refractivity contribution in [2.45, 2.75) is 39.3 Å². The van der Waals surface area contributed by atoms with Crippen molar-refractivity contribution in [3.8, 4) is 0 Å². The predicted octanol–water partition coefficient (Wildman–Crippen LogP) is 4.22. The zero-order valence-electron chi connectivity index (χ0n) is 12.5. The maximum atomic E-state index is 11.6. The van der Waals surface area contributed by atoms with Crippen molar-refractivity contribution in [1.82, 2.24) is 4.90 Å². The molecule has 3 nitrogen and oxygen atoms in total. The molecule has 112 valence electrons. The van der Waals surface area contributed by atoms with Gasteiger partial charge in [0, 0.05) is 23.8 Å². The number of benzene rings is 1. The molecule has 1 fully saturated rings. The van der Waals surface area contributed by atoms with Crippen molar-refractivity contribution in [3.63, 3.8) is 0 Å². The van der Waals surface area contributed by atoms with Gasteiger partial charge in [0.1, 0.15) is 4.88 Å². The Morgan fingerprint density at radius 3 is 2.86 bits per heavy atom. The number of carboxylic acids is 1. The van der Waals surface area contributed by atoms with Crippen LogP contribution >= 0.6 is 11.3 Å². The highest BCUT2D eigenvalue weighted by Gasteiger charge is 2.26. The van der Waals surface area contributed by atoms with Gasteiger partial charge in [0.15, 0.2) is 0 Å². The highest BCUT2D eigenvalue weighted by atomic mass is 32.1. The lowest BCUT2D eigenvalue weighted by Gasteiger charge is -2.36. The lowest BCUT2D eigenvalue weighted by Crippen LogP contribution is -2.40. The van der Waals surface area contributed by atoms with E-state index in [1.165, 1.54) is 24.2 Å². The van der Waals surface area contributed by atoms with Gasteiger partial charge in [-0.25, -0.2) is 4.79 Å². The Kier molecular flexibility index (Phi) is 4.00. The van der Waals surface area contributed by atoms with E-state index in [1.54, 1.807) is 0 Å². The van der Waals surface area contributed by atoms with Crippen molar-refractivity contribution >= 4 is 27.4 Å². The first-order valence-electron chi connectivity index (χ1n) is 7.54. The largest absolute Gasteiger partial charge is 0.477 e. The Labute approximate surface area is 129 Å². The van der Waals surface area contributed by atoms with Crippen molar-refractivity contribution < 1.29 is 9.90 Å². The molecule has 0 spiro atoms. The number of aromatic carboxylic acids is 1.